The van der Waals surface area contributed by atoms with Gasteiger partial charge in [0.15, 0.2) is 0 Å². The maximum atomic E-state index is 11.9. The molecule has 0 atom stereocenters. The van der Waals surface area contributed by atoms with Crippen molar-refractivity contribution in [3.8, 4) is 5.75 Å². The number of carbonyl (C=O) groups is 1. The Kier molecular flexibility index (Phi) is 5.91. The monoisotopic (exact) mass is 248 g/mol. The number of para-hydroxylation sites is 1. The summed E-state index contributed by atoms with van der Waals surface area (Å²) in [7, 11) is 1.54. The average molecular weight is 248 g/mol. The highest BCUT2D eigenvalue weighted by atomic mass is 16.5. The number of carbonyl (C=O) groups excluding carboxylic acids is 1. The zero-order valence-corrected chi connectivity index (χ0v) is 11.2. The van der Waals surface area contributed by atoms with Crippen molar-refractivity contribution in [2.24, 2.45) is 5.10 Å². The zero-order valence-electron chi connectivity index (χ0n) is 11.2. The molecule has 0 aliphatic carbocycles. The van der Waals surface area contributed by atoms with E-state index in [2.05, 4.69) is 17.5 Å². The summed E-state index contributed by atoms with van der Waals surface area (Å²) in [6.45, 7) is 4.04. The molecule has 0 spiro atoms. The second-order valence-electron chi connectivity index (χ2n) is 4.09. The number of nitrogens with one attached hydrogen (secondary N) is 1. The van der Waals surface area contributed by atoms with Gasteiger partial charge in [0.05, 0.1) is 12.7 Å². The summed E-state index contributed by atoms with van der Waals surface area (Å²) >= 11 is 0. The summed E-state index contributed by atoms with van der Waals surface area (Å²) in [5.41, 5.74) is 3.97. The van der Waals surface area contributed by atoms with Crippen LogP contribution in [0.15, 0.2) is 29.4 Å². The van der Waals surface area contributed by atoms with Gasteiger partial charge in [0.1, 0.15) is 5.75 Å². The molecule has 0 saturated carbocycles. The van der Waals surface area contributed by atoms with Crippen molar-refractivity contribution in [1.82, 2.24) is 5.43 Å². The summed E-state index contributed by atoms with van der Waals surface area (Å²) in [5.74, 6) is 0.305. The molecule has 1 aromatic carbocycles. The third-order valence-corrected chi connectivity index (χ3v) is 2.59. The second kappa shape index (κ2) is 7.48. The van der Waals surface area contributed by atoms with Crippen molar-refractivity contribution in [3.63, 3.8) is 0 Å². The fourth-order valence-corrected chi connectivity index (χ4v) is 1.53. The van der Waals surface area contributed by atoms with E-state index < -0.39 is 0 Å². The van der Waals surface area contributed by atoms with Gasteiger partial charge in [-0.15, -0.1) is 0 Å². The highest BCUT2D eigenvalue weighted by molar-refractivity contribution is 5.97. The molecule has 0 bridgehead atoms. The second-order valence-corrected chi connectivity index (χ2v) is 4.09. The van der Waals surface area contributed by atoms with Gasteiger partial charge in [-0.3, -0.25) is 4.79 Å². The SMILES string of the molecule is CCCCC(C)=NNC(=O)c1ccccc1OC. The van der Waals surface area contributed by atoms with Gasteiger partial charge >= 0.3 is 0 Å². The number of rotatable bonds is 6. The molecule has 98 valence electrons. The van der Waals surface area contributed by atoms with E-state index in [1.807, 2.05) is 13.0 Å². The Morgan fingerprint density at radius 3 is 2.78 bits per heavy atom. The number of nitrogens with zero attached hydrogens (tertiary/aromatic N) is 1. The lowest BCUT2D eigenvalue weighted by molar-refractivity contribution is 0.0951. The minimum atomic E-state index is -0.247. The van der Waals surface area contributed by atoms with Gasteiger partial charge < -0.3 is 4.74 Å². The summed E-state index contributed by atoms with van der Waals surface area (Å²) in [5, 5.41) is 4.07. The van der Waals surface area contributed by atoms with Crippen molar-refractivity contribution >= 4 is 11.6 Å². The molecule has 1 aromatic rings. The molecular weight excluding hydrogens is 228 g/mol. The Morgan fingerprint density at radius 1 is 1.39 bits per heavy atom. The molecule has 0 fully saturated rings. The van der Waals surface area contributed by atoms with Crippen LogP contribution in [0.4, 0.5) is 0 Å². The van der Waals surface area contributed by atoms with Gasteiger partial charge in [-0.2, -0.15) is 5.10 Å². The van der Waals surface area contributed by atoms with Crippen LogP contribution in [0, 0.1) is 0 Å². The molecule has 18 heavy (non-hydrogen) atoms. The summed E-state index contributed by atoms with van der Waals surface area (Å²) in [4.78, 5) is 11.9. The number of methoxy groups -OCH3 is 1. The van der Waals surface area contributed by atoms with Gasteiger partial charge in [-0.25, -0.2) is 5.43 Å². The molecule has 0 aromatic heterocycles. The fourth-order valence-electron chi connectivity index (χ4n) is 1.53. The molecule has 1 amide bonds. The predicted molar refractivity (Wildman–Crippen MR) is 73.1 cm³/mol. The van der Waals surface area contributed by atoms with Crippen LogP contribution in [-0.4, -0.2) is 18.7 Å². The summed E-state index contributed by atoms with van der Waals surface area (Å²) in [6, 6.07) is 7.09. The minimum Gasteiger partial charge on any atom is -0.496 e. The Bertz CT molecular complexity index is 428. The molecule has 1 rings (SSSR count). The molecular formula is C14H20N2O2. The van der Waals surface area contributed by atoms with Crippen LogP contribution < -0.4 is 10.2 Å². The molecule has 0 aliphatic rings. The largest absolute Gasteiger partial charge is 0.496 e. The number of benzene rings is 1. The Labute approximate surface area is 108 Å². The van der Waals surface area contributed by atoms with Gasteiger partial charge in [0, 0.05) is 5.71 Å². The van der Waals surface area contributed by atoms with Gasteiger partial charge in [-0.05, 0) is 31.9 Å². The Hall–Kier alpha value is -1.84. The summed E-state index contributed by atoms with van der Waals surface area (Å²) < 4.78 is 5.13. The molecule has 4 nitrogen and oxygen atoms in total. The van der Waals surface area contributed by atoms with Crippen molar-refractivity contribution in [1.29, 1.82) is 0 Å². The van der Waals surface area contributed by atoms with Crippen LogP contribution in [0.1, 0.15) is 43.5 Å². The third-order valence-electron chi connectivity index (χ3n) is 2.59. The Morgan fingerprint density at radius 2 is 2.11 bits per heavy atom. The highest BCUT2D eigenvalue weighted by Crippen LogP contribution is 2.16. The maximum Gasteiger partial charge on any atom is 0.275 e. The normalized spacial score (nSPS) is 11.2. The molecule has 0 saturated heterocycles. The molecule has 0 radical (unpaired) electrons. The van der Waals surface area contributed by atoms with E-state index in [9.17, 15) is 4.79 Å². The quantitative estimate of drug-likeness (QED) is 0.621. The number of hydrogen-bond donors (Lipinski definition) is 1. The first-order chi connectivity index (χ1) is 8.69. The van der Waals surface area contributed by atoms with Gasteiger partial charge in [0.2, 0.25) is 0 Å². The van der Waals surface area contributed by atoms with Crippen LogP contribution in [0.2, 0.25) is 0 Å². The lowest BCUT2D eigenvalue weighted by Gasteiger charge is -2.06. The van der Waals surface area contributed by atoms with Gasteiger partial charge in [0.25, 0.3) is 5.91 Å². The van der Waals surface area contributed by atoms with Crippen LogP contribution in [0.5, 0.6) is 5.75 Å². The number of amides is 1. The zero-order chi connectivity index (χ0) is 13.4. The minimum absolute atomic E-state index is 0.247. The maximum absolute atomic E-state index is 11.9. The number of ether oxygens (including phenoxy) is 1. The smallest absolute Gasteiger partial charge is 0.275 e. The van der Waals surface area contributed by atoms with E-state index >= 15 is 0 Å². The van der Waals surface area contributed by atoms with Crippen LogP contribution in [0.3, 0.4) is 0 Å². The van der Waals surface area contributed by atoms with E-state index in [0.29, 0.717) is 11.3 Å². The number of hydrazone groups is 1. The number of unbranched alkanes of at least 4 members (excludes halogenated alkanes) is 1. The lowest BCUT2D eigenvalue weighted by atomic mass is 10.2. The first kappa shape index (κ1) is 14.2. The first-order valence-electron chi connectivity index (χ1n) is 6.15. The standard InChI is InChI=1S/C14H20N2O2/c1-4-5-8-11(2)15-16-14(17)12-9-6-7-10-13(12)18-3/h6-7,9-10H,4-5,8H2,1-3H3,(H,16,17). The molecule has 1 N–H and O–H groups in total. The molecule has 0 unspecified atom stereocenters. The van der Waals surface area contributed by atoms with E-state index in [-0.39, 0.29) is 5.91 Å². The fraction of sp³-hybridized carbons (Fsp3) is 0.429. The first-order valence-corrected chi connectivity index (χ1v) is 6.15. The van der Waals surface area contributed by atoms with E-state index in [4.69, 9.17) is 4.74 Å². The molecule has 0 aliphatic heterocycles. The van der Waals surface area contributed by atoms with Crippen molar-refractivity contribution in [2.75, 3.05) is 7.11 Å². The van der Waals surface area contributed by atoms with Gasteiger partial charge in [-0.1, -0.05) is 25.5 Å². The van der Waals surface area contributed by atoms with Crippen LogP contribution in [0.25, 0.3) is 0 Å². The number of hydrogen-bond acceptors (Lipinski definition) is 3. The topological polar surface area (TPSA) is 50.7 Å². The predicted octanol–water partition coefficient (Wildman–Crippen LogP) is 2.99. The average Bonchev–Trinajstić information content (AvgIpc) is 2.42. The van der Waals surface area contributed by atoms with E-state index in [1.54, 1.807) is 25.3 Å². The van der Waals surface area contributed by atoms with E-state index in [0.717, 1.165) is 25.0 Å². The van der Waals surface area contributed by atoms with Crippen molar-refractivity contribution in [3.05, 3.63) is 29.8 Å². The lowest BCUT2D eigenvalue weighted by Crippen LogP contribution is -2.19. The van der Waals surface area contributed by atoms with Crippen LogP contribution >= 0.6 is 0 Å². The molecule has 0 heterocycles. The van der Waals surface area contributed by atoms with Crippen molar-refractivity contribution in [2.45, 2.75) is 33.1 Å². The molecule has 4 heteroatoms. The third kappa shape index (κ3) is 4.20. The Balaban J connectivity index is 2.65. The highest BCUT2D eigenvalue weighted by Gasteiger charge is 2.10. The summed E-state index contributed by atoms with van der Waals surface area (Å²) in [6.07, 6.45) is 3.11. The van der Waals surface area contributed by atoms with Crippen molar-refractivity contribution < 1.29 is 9.53 Å². The van der Waals surface area contributed by atoms with Crippen LogP contribution in [-0.2, 0) is 0 Å². The van der Waals surface area contributed by atoms with E-state index in [1.165, 1.54) is 0 Å².